The lowest BCUT2D eigenvalue weighted by Crippen LogP contribution is -2.32. The fraction of sp³-hybridized carbons (Fsp3) is 0.697. The molecule has 238 valence electrons. The van der Waals surface area contributed by atoms with Gasteiger partial charge in [-0.05, 0) is 6.42 Å². The van der Waals surface area contributed by atoms with Crippen LogP contribution >= 0.6 is 0 Å². The van der Waals surface area contributed by atoms with Crippen molar-refractivity contribution >= 4 is 11.9 Å². The molecule has 1 unspecified atom stereocenters. The number of nitrogens with zero attached hydrogens (tertiary/aromatic N) is 3. The van der Waals surface area contributed by atoms with Crippen molar-refractivity contribution in [3.63, 3.8) is 0 Å². The number of hydrogen-bond acceptors (Lipinski definition) is 8. The zero-order valence-electron chi connectivity index (χ0n) is 25.7. The van der Waals surface area contributed by atoms with Crippen LogP contribution in [0.4, 0.5) is 0 Å². The molecule has 0 radical (unpaired) electrons. The van der Waals surface area contributed by atoms with Crippen LogP contribution in [0.25, 0.3) is 0 Å². The van der Waals surface area contributed by atoms with E-state index in [1.165, 1.54) is 88.1 Å². The van der Waals surface area contributed by atoms with Gasteiger partial charge in [0, 0.05) is 12.0 Å². The molecule has 2 fully saturated rings. The van der Waals surface area contributed by atoms with Crippen LogP contribution in [0.1, 0.15) is 138 Å². The minimum absolute atomic E-state index is 0.0392. The molecule has 10 heteroatoms. The Morgan fingerprint density at radius 3 is 1.98 bits per heavy atom. The van der Waals surface area contributed by atoms with E-state index in [2.05, 4.69) is 17.0 Å². The minimum atomic E-state index is -0.733. The van der Waals surface area contributed by atoms with E-state index in [1.807, 2.05) is 30.3 Å². The third-order valence-electron chi connectivity index (χ3n) is 8.30. The summed E-state index contributed by atoms with van der Waals surface area (Å²) in [6.45, 7) is 2.30. The van der Waals surface area contributed by atoms with E-state index in [0.717, 1.165) is 24.8 Å². The first-order chi connectivity index (χ1) is 21.1. The number of carbonyl (C=O) groups excluding carboxylic acids is 2. The maximum Gasteiger partial charge on any atom is 0.305 e. The molecule has 0 aliphatic carbocycles. The monoisotopic (exact) mass is 598 g/mol. The highest BCUT2D eigenvalue weighted by Crippen LogP contribution is 2.44. The van der Waals surface area contributed by atoms with Gasteiger partial charge in [0.1, 0.15) is 31.2 Å². The molecular weight excluding hydrogens is 548 g/mol. The SMILES string of the molecule is CCCCCCCCCCCCCCCCCC(=O)OC[C@H]1O[C@@H](n2cnc(C(N)=O)n2)[C@@H]2O[C@@H](c3ccccc3)OC21. The van der Waals surface area contributed by atoms with Crippen LogP contribution in [0.15, 0.2) is 36.7 Å². The Morgan fingerprint density at radius 2 is 1.40 bits per heavy atom. The van der Waals surface area contributed by atoms with Crippen LogP contribution in [0.2, 0.25) is 0 Å². The average Bonchev–Trinajstić information content (AvgIpc) is 3.75. The second-order valence-corrected chi connectivity index (χ2v) is 11.8. The summed E-state index contributed by atoms with van der Waals surface area (Å²) in [5.41, 5.74) is 6.19. The van der Waals surface area contributed by atoms with Crippen LogP contribution in [-0.2, 0) is 23.7 Å². The van der Waals surface area contributed by atoms with Gasteiger partial charge in [-0.3, -0.25) is 9.59 Å². The molecule has 2 aliphatic heterocycles. The van der Waals surface area contributed by atoms with Crippen molar-refractivity contribution in [3.8, 4) is 0 Å². The van der Waals surface area contributed by atoms with Gasteiger partial charge in [0.25, 0.3) is 5.91 Å². The van der Waals surface area contributed by atoms with Crippen molar-refractivity contribution < 1.29 is 28.5 Å². The second kappa shape index (κ2) is 18.1. The van der Waals surface area contributed by atoms with Gasteiger partial charge < -0.3 is 24.7 Å². The number of carbonyl (C=O) groups is 2. The van der Waals surface area contributed by atoms with Gasteiger partial charge in [0.15, 0.2) is 12.5 Å². The largest absolute Gasteiger partial charge is 0.463 e. The highest BCUT2D eigenvalue weighted by molar-refractivity contribution is 5.88. The maximum atomic E-state index is 12.5. The third kappa shape index (κ3) is 10.4. The standard InChI is InChI=1S/C33H50N4O6/c1-2-3-4-5-6-7-8-9-10-11-12-13-14-15-19-22-27(38)40-23-26-28-29(43-33(42-28)25-20-17-16-18-21-25)32(41-26)37-24-35-31(36-37)30(34)39/h16-18,20-21,24,26,28-29,32-33H,2-15,19,22-23H2,1H3,(H2,34,39)/t26-,28?,29-,32-,33+/m1/s1. The van der Waals surface area contributed by atoms with Crippen molar-refractivity contribution in [2.75, 3.05) is 6.61 Å². The first kappa shape index (κ1) is 33.1. The van der Waals surface area contributed by atoms with Crippen molar-refractivity contribution in [2.45, 2.75) is 140 Å². The normalized spacial score (nSPS) is 23.0. The van der Waals surface area contributed by atoms with Gasteiger partial charge in [0.2, 0.25) is 5.82 Å². The lowest BCUT2D eigenvalue weighted by molar-refractivity contribution is -0.168. The molecule has 4 rings (SSSR count). The van der Waals surface area contributed by atoms with Crippen molar-refractivity contribution in [1.82, 2.24) is 14.8 Å². The number of esters is 1. The van der Waals surface area contributed by atoms with Crippen LogP contribution in [0, 0.1) is 0 Å². The van der Waals surface area contributed by atoms with E-state index in [9.17, 15) is 9.59 Å². The Morgan fingerprint density at radius 1 is 0.814 bits per heavy atom. The molecule has 1 aromatic carbocycles. The quantitative estimate of drug-likeness (QED) is 0.126. The van der Waals surface area contributed by atoms with Crippen LogP contribution < -0.4 is 5.73 Å². The number of unbranched alkanes of at least 4 members (excludes halogenated alkanes) is 14. The summed E-state index contributed by atoms with van der Waals surface area (Å²) in [6, 6.07) is 9.60. The molecule has 3 heterocycles. The zero-order chi connectivity index (χ0) is 30.3. The maximum absolute atomic E-state index is 12.5. The van der Waals surface area contributed by atoms with Gasteiger partial charge in [-0.25, -0.2) is 9.67 Å². The molecule has 2 aromatic rings. The van der Waals surface area contributed by atoms with E-state index >= 15 is 0 Å². The summed E-state index contributed by atoms with van der Waals surface area (Å²) in [6.07, 6.45) is 18.1. The molecule has 1 amide bonds. The molecule has 0 bridgehead atoms. The molecule has 2 N–H and O–H groups in total. The van der Waals surface area contributed by atoms with E-state index < -0.39 is 36.7 Å². The number of benzene rings is 1. The van der Waals surface area contributed by atoms with Crippen molar-refractivity contribution in [2.24, 2.45) is 5.73 Å². The second-order valence-electron chi connectivity index (χ2n) is 11.8. The predicted molar refractivity (Wildman–Crippen MR) is 162 cm³/mol. The number of rotatable bonds is 21. The van der Waals surface area contributed by atoms with Gasteiger partial charge >= 0.3 is 5.97 Å². The molecule has 43 heavy (non-hydrogen) atoms. The summed E-state index contributed by atoms with van der Waals surface area (Å²) in [5, 5.41) is 4.15. The molecule has 0 spiro atoms. The van der Waals surface area contributed by atoms with E-state index in [0.29, 0.717) is 6.42 Å². The van der Waals surface area contributed by atoms with Gasteiger partial charge in [-0.2, -0.15) is 0 Å². The molecule has 5 atom stereocenters. The first-order valence-corrected chi connectivity index (χ1v) is 16.4. The first-order valence-electron chi connectivity index (χ1n) is 16.4. The molecule has 0 saturated carbocycles. The fourth-order valence-electron chi connectivity index (χ4n) is 5.85. The molecule has 10 nitrogen and oxygen atoms in total. The zero-order valence-corrected chi connectivity index (χ0v) is 25.7. The molecule has 1 aromatic heterocycles. The predicted octanol–water partition coefficient (Wildman–Crippen LogP) is 6.56. The number of primary amides is 1. The Hall–Kier alpha value is -2.82. The third-order valence-corrected chi connectivity index (χ3v) is 8.30. The summed E-state index contributed by atoms with van der Waals surface area (Å²) in [5.74, 6) is -1.09. The van der Waals surface area contributed by atoms with Gasteiger partial charge in [0.05, 0.1) is 0 Å². The molecular formula is C33H50N4O6. The summed E-state index contributed by atoms with van der Waals surface area (Å²) in [7, 11) is 0. The van der Waals surface area contributed by atoms with Crippen molar-refractivity contribution in [1.29, 1.82) is 0 Å². The van der Waals surface area contributed by atoms with E-state index in [-0.39, 0.29) is 18.4 Å². The number of ether oxygens (including phenoxy) is 4. The molecule has 2 saturated heterocycles. The van der Waals surface area contributed by atoms with Gasteiger partial charge in [-0.1, -0.05) is 127 Å². The minimum Gasteiger partial charge on any atom is -0.463 e. The van der Waals surface area contributed by atoms with E-state index in [1.54, 1.807) is 0 Å². The number of fused-ring (bicyclic) bond motifs is 1. The number of hydrogen-bond donors (Lipinski definition) is 1. The Labute approximate surface area is 256 Å². The summed E-state index contributed by atoms with van der Waals surface area (Å²) in [4.78, 5) is 28.0. The van der Waals surface area contributed by atoms with Crippen LogP contribution in [0.3, 0.4) is 0 Å². The Kier molecular flexibility index (Phi) is 13.9. The highest BCUT2D eigenvalue weighted by atomic mass is 16.8. The summed E-state index contributed by atoms with van der Waals surface area (Å²) < 4.78 is 25.6. The lowest BCUT2D eigenvalue weighted by atomic mass is 10.0. The highest BCUT2D eigenvalue weighted by Gasteiger charge is 2.54. The Balaban J connectivity index is 1.11. The number of nitrogens with two attached hydrogens (primary N) is 1. The van der Waals surface area contributed by atoms with Crippen LogP contribution in [0.5, 0.6) is 0 Å². The summed E-state index contributed by atoms with van der Waals surface area (Å²) >= 11 is 0. The number of amides is 1. The lowest BCUT2D eigenvalue weighted by Gasteiger charge is -2.20. The van der Waals surface area contributed by atoms with E-state index in [4.69, 9.17) is 24.7 Å². The smallest absolute Gasteiger partial charge is 0.305 e. The average molecular weight is 599 g/mol. The van der Waals surface area contributed by atoms with Crippen LogP contribution in [-0.4, -0.2) is 51.6 Å². The number of aromatic nitrogens is 3. The van der Waals surface area contributed by atoms with Gasteiger partial charge in [-0.15, -0.1) is 5.10 Å². The van der Waals surface area contributed by atoms with Crippen molar-refractivity contribution in [3.05, 3.63) is 48.0 Å². The topological polar surface area (TPSA) is 128 Å². The Bertz CT molecular complexity index is 1100. The fourth-order valence-corrected chi connectivity index (χ4v) is 5.85. The molecule has 2 aliphatic rings.